The monoisotopic (exact) mass is 360 g/mol. The summed E-state index contributed by atoms with van der Waals surface area (Å²) in [7, 11) is -3.37. The number of sulfonamides is 1. The third-order valence-corrected chi connectivity index (χ3v) is 3.85. The molecule has 0 aliphatic carbocycles. The first-order chi connectivity index (χ1) is 10.9. The van der Waals surface area contributed by atoms with E-state index in [1.807, 2.05) is 20.8 Å². The second-order valence-corrected chi connectivity index (χ2v) is 8.66. The predicted molar refractivity (Wildman–Crippen MR) is 88.0 cm³/mol. The van der Waals surface area contributed by atoms with Crippen molar-refractivity contribution in [2.45, 2.75) is 46.2 Å². The van der Waals surface area contributed by atoms with Crippen molar-refractivity contribution in [3.05, 3.63) is 23.7 Å². The molecule has 0 radical (unpaired) electrons. The summed E-state index contributed by atoms with van der Waals surface area (Å²) in [6.45, 7) is 5.88. The Labute approximate surface area is 141 Å². The Kier molecular flexibility index (Phi) is 6.56. The number of furan rings is 1. The van der Waals surface area contributed by atoms with E-state index in [0.717, 1.165) is 6.26 Å². The fraction of sp³-hybridized carbons (Fsp3) is 0.600. The van der Waals surface area contributed by atoms with Crippen LogP contribution < -0.4 is 10.0 Å². The largest absolute Gasteiger partial charge is 0.480 e. The van der Waals surface area contributed by atoms with Gasteiger partial charge in [0.25, 0.3) is 5.91 Å². The molecule has 0 saturated carbocycles. The van der Waals surface area contributed by atoms with Crippen LogP contribution in [0.25, 0.3) is 0 Å². The number of hydrogen-bond acceptors (Lipinski definition) is 5. The lowest BCUT2D eigenvalue weighted by molar-refractivity contribution is -0.139. The van der Waals surface area contributed by atoms with E-state index < -0.39 is 27.9 Å². The van der Waals surface area contributed by atoms with Gasteiger partial charge in [0, 0.05) is 0 Å². The Hall–Kier alpha value is -1.87. The van der Waals surface area contributed by atoms with Crippen LogP contribution >= 0.6 is 0 Å². The van der Waals surface area contributed by atoms with Crippen LogP contribution in [-0.4, -0.2) is 37.7 Å². The highest BCUT2D eigenvalue weighted by atomic mass is 32.2. The number of nitrogens with one attached hydrogen (secondary N) is 2. The maximum Gasteiger partial charge on any atom is 0.326 e. The molecule has 0 aliphatic heterocycles. The molecule has 0 saturated heterocycles. The second-order valence-electron chi connectivity index (χ2n) is 6.82. The average Bonchev–Trinajstić information content (AvgIpc) is 2.87. The molecular formula is C15H24N2O6S. The minimum atomic E-state index is -3.37. The highest BCUT2D eigenvalue weighted by Gasteiger charge is 2.24. The molecule has 136 valence electrons. The molecule has 1 aromatic rings. The first kappa shape index (κ1) is 20.2. The fourth-order valence-electron chi connectivity index (χ4n) is 1.86. The molecule has 1 atom stereocenters. The van der Waals surface area contributed by atoms with Crippen LogP contribution in [-0.2, 0) is 21.4 Å². The van der Waals surface area contributed by atoms with Crippen molar-refractivity contribution < 1.29 is 27.5 Å². The van der Waals surface area contributed by atoms with Crippen LogP contribution in [0.2, 0.25) is 0 Å². The van der Waals surface area contributed by atoms with E-state index in [1.165, 1.54) is 12.1 Å². The van der Waals surface area contributed by atoms with Gasteiger partial charge in [-0.1, -0.05) is 20.8 Å². The van der Waals surface area contributed by atoms with Crippen molar-refractivity contribution in [2.75, 3.05) is 6.26 Å². The van der Waals surface area contributed by atoms with E-state index in [1.54, 1.807) is 0 Å². The fourth-order valence-corrected chi connectivity index (χ4v) is 2.27. The van der Waals surface area contributed by atoms with Crippen molar-refractivity contribution in [3.63, 3.8) is 0 Å². The van der Waals surface area contributed by atoms with Gasteiger partial charge in [-0.05, 0) is 30.4 Å². The Balaban J connectivity index is 2.68. The average molecular weight is 360 g/mol. The van der Waals surface area contributed by atoms with Crippen LogP contribution in [0.4, 0.5) is 0 Å². The third-order valence-electron chi connectivity index (χ3n) is 3.18. The predicted octanol–water partition coefficient (Wildman–Crippen LogP) is 1.34. The SMILES string of the molecule is CC(C)(C)CCC(NC(=O)c1ccc(CNS(C)(=O)=O)o1)C(=O)O. The van der Waals surface area contributed by atoms with Crippen LogP contribution in [0.15, 0.2) is 16.5 Å². The molecule has 1 amide bonds. The summed E-state index contributed by atoms with van der Waals surface area (Å²) >= 11 is 0. The van der Waals surface area contributed by atoms with Crippen LogP contribution in [0.3, 0.4) is 0 Å². The summed E-state index contributed by atoms with van der Waals surface area (Å²) < 4.78 is 29.5. The van der Waals surface area contributed by atoms with Gasteiger partial charge >= 0.3 is 5.97 Å². The van der Waals surface area contributed by atoms with Crippen LogP contribution in [0.1, 0.15) is 49.9 Å². The van der Waals surface area contributed by atoms with Crippen molar-refractivity contribution in [1.82, 2.24) is 10.0 Å². The first-order valence-corrected chi connectivity index (χ1v) is 9.33. The van der Waals surface area contributed by atoms with Crippen molar-refractivity contribution in [1.29, 1.82) is 0 Å². The van der Waals surface area contributed by atoms with Gasteiger partial charge < -0.3 is 14.8 Å². The second kappa shape index (κ2) is 7.80. The topological polar surface area (TPSA) is 126 Å². The highest BCUT2D eigenvalue weighted by Crippen LogP contribution is 2.22. The molecule has 9 heteroatoms. The summed E-state index contributed by atoms with van der Waals surface area (Å²) in [5, 5.41) is 11.6. The molecule has 0 fully saturated rings. The minimum absolute atomic E-state index is 0.0480. The molecule has 1 unspecified atom stereocenters. The summed E-state index contributed by atoms with van der Waals surface area (Å²) in [4.78, 5) is 23.4. The first-order valence-electron chi connectivity index (χ1n) is 7.44. The number of carbonyl (C=O) groups is 2. The molecule has 1 rings (SSSR count). The standard InChI is InChI=1S/C15H24N2O6S/c1-15(2,3)8-7-11(14(19)20)17-13(18)12-6-5-10(23-12)9-16-24(4,21)22/h5-6,11,16H,7-9H2,1-4H3,(H,17,18)(H,19,20). The molecular weight excluding hydrogens is 336 g/mol. The molecule has 8 nitrogen and oxygen atoms in total. The number of hydrogen-bond donors (Lipinski definition) is 3. The quantitative estimate of drug-likeness (QED) is 0.642. The zero-order chi connectivity index (χ0) is 18.5. The number of carboxylic acids is 1. The van der Waals surface area contributed by atoms with Gasteiger partial charge in [0.2, 0.25) is 10.0 Å². The van der Waals surface area contributed by atoms with Gasteiger partial charge in [-0.2, -0.15) is 0 Å². The van der Waals surface area contributed by atoms with E-state index in [4.69, 9.17) is 4.42 Å². The van der Waals surface area contributed by atoms with Gasteiger partial charge in [-0.15, -0.1) is 0 Å². The highest BCUT2D eigenvalue weighted by molar-refractivity contribution is 7.88. The van der Waals surface area contributed by atoms with E-state index in [9.17, 15) is 23.1 Å². The van der Waals surface area contributed by atoms with E-state index in [0.29, 0.717) is 12.8 Å². The van der Waals surface area contributed by atoms with Gasteiger partial charge in [0.05, 0.1) is 12.8 Å². The molecule has 0 aliphatic rings. The molecule has 0 spiro atoms. The van der Waals surface area contributed by atoms with Gasteiger partial charge in [0.1, 0.15) is 11.8 Å². The minimum Gasteiger partial charge on any atom is -0.480 e. The van der Waals surface area contributed by atoms with Crippen LogP contribution in [0, 0.1) is 5.41 Å². The number of carbonyl (C=O) groups excluding carboxylic acids is 1. The Bertz CT molecular complexity index is 687. The number of carboxylic acid groups (broad SMARTS) is 1. The summed E-state index contributed by atoms with van der Waals surface area (Å²) in [5.41, 5.74) is -0.0480. The molecule has 1 aromatic heterocycles. The molecule has 0 aromatic carbocycles. The zero-order valence-corrected chi connectivity index (χ0v) is 15.1. The molecule has 0 bridgehead atoms. The summed E-state index contributed by atoms with van der Waals surface area (Å²) in [5.74, 6) is -1.57. The Morgan fingerprint density at radius 2 is 1.92 bits per heavy atom. The smallest absolute Gasteiger partial charge is 0.326 e. The van der Waals surface area contributed by atoms with Crippen molar-refractivity contribution in [3.8, 4) is 0 Å². The third kappa shape index (κ3) is 7.60. The van der Waals surface area contributed by atoms with Gasteiger partial charge in [-0.25, -0.2) is 17.9 Å². The normalized spacial score (nSPS) is 13.5. The van der Waals surface area contributed by atoms with Crippen molar-refractivity contribution >= 4 is 21.9 Å². The number of aliphatic carboxylic acids is 1. The van der Waals surface area contributed by atoms with Gasteiger partial charge in [-0.3, -0.25) is 4.79 Å². The van der Waals surface area contributed by atoms with Crippen LogP contribution in [0.5, 0.6) is 0 Å². The summed E-state index contributed by atoms with van der Waals surface area (Å²) in [6, 6.07) is 1.81. The molecule has 24 heavy (non-hydrogen) atoms. The molecule has 1 heterocycles. The lowest BCUT2D eigenvalue weighted by atomic mass is 9.88. The van der Waals surface area contributed by atoms with E-state index in [2.05, 4.69) is 10.0 Å². The number of amides is 1. The Morgan fingerprint density at radius 1 is 1.29 bits per heavy atom. The Morgan fingerprint density at radius 3 is 2.42 bits per heavy atom. The summed E-state index contributed by atoms with van der Waals surface area (Å²) in [6.07, 6.45) is 1.94. The number of rotatable bonds is 8. The maximum atomic E-state index is 12.1. The van der Waals surface area contributed by atoms with Gasteiger partial charge in [0.15, 0.2) is 5.76 Å². The zero-order valence-electron chi connectivity index (χ0n) is 14.3. The lowest BCUT2D eigenvalue weighted by Gasteiger charge is -2.21. The maximum absolute atomic E-state index is 12.1. The lowest BCUT2D eigenvalue weighted by Crippen LogP contribution is -2.41. The van der Waals surface area contributed by atoms with Crippen molar-refractivity contribution in [2.24, 2.45) is 5.41 Å². The van der Waals surface area contributed by atoms with E-state index >= 15 is 0 Å². The van der Waals surface area contributed by atoms with E-state index in [-0.39, 0.29) is 23.5 Å². The molecule has 3 N–H and O–H groups in total.